The number of hydrogen-bond donors (Lipinski definition) is 0. The molecular weight excluding hydrogens is 302 g/mol. The van der Waals surface area contributed by atoms with E-state index in [4.69, 9.17) is 9.96 Å². The van der Waals surface area contributed by atoms with Crippen molar-refractivity contribution in [1.29, 1.82) is 0 Å². The van der Waals surface area contributed by atoms with Crippen molar-refractivity contribution in [3.05, 3.63) is 45.8 Å². The molecule has 1 aliphatic rings. The van der Waals surface area contributed by atoms with Crippen molar-refractivity contribution in [2.45, 2.75) is 71.1 Å². The lowest BCUT2D eigenvalue weighted by Crippen LogP contribution is -2.42. The molecule has 1 aliphatic carbocycles. The van der Waals surface area contributed by atoms with Gasteiger partial charge in [0.15, 0.2) is 8.32 Å². The van der Waals surface area contributed by atoms with E-state index in [1.54, 1.807) is 0 Å². The fourth-order valence-electron chi connectivity index (χ4n) is 2.56. The van der Waals surface area contributed by atoms with Gasteiger partial charge in [0.25, 0.3) is 0 Å². The van der Waals surface area contributed by atoms with E-state index >= 15 is 0 Å². The maximum atomic E-state index is 8.81. The van der Waals surface area contributed by atoms with Crippen molar-refractivity contribution in [3.8, 4) is 0 Å². The molecule has 0 fully saturated rings. The molecule has 0 aliphatic heterocycles. The zero-order valence-corrected chi connectivity index (χ0v) is 16.6. The lowest BCUT2D eigenvalue weighted by atomic mass is 10.0. The van der Waals surface area contributed by atoms with Gasteiger partial charge >= 0.3 is 0 Å². The molecular formula is C18H31N3OSi. The SMILES string of the molecule is CC.CC(C)(C)[Si](C)(C)OCC1c2ccccc2CC1N=[N+]=[N-]. The van der Waals surface area contributed by atoms with Gasteiger partial charge in [-0.3, -0.25) is 0 Å². The van der Waals surface area contributed by atoms with E-state index in [2.05, 4.69) is 62.1 Å². The lowest BCUT2D eigenvalue weighted by Gasteiger charge is -2.37. The molecule has 0 N–H and O–H groups in total. The van der Waals surface area contributed by atoms with Crippen LogP contribution in [0.3, 0.4) is 0 Å². The molecule has 1 aromatic rings. The first-order chi connectivity index (χ1) is 10.8. The van der Waals surface area contributed by atoms with Crippen LogP contribution >= 0.6 is 0 Å². The summed E-state index contributed by atoms with van der Waals surface area (Å²) in [6.45, 7) is 15.9. The van der Waals surface area contributed by atoms with Crippen LogP contribution in [0.5, 0.6) is 0 Å². The zero-order chi connectivity index (χ0) is 17.7. The number of benzene rings is 1. The van der Waals surface area contributed by atoms with Crippen LogP contribution in [0.15, 0.2) is 29.4 Å². The van der Waals surface area contributed by atoms with Gasteiger partial charge in [0.2, 0.25) is 0 Å². The van der Waals surface area contributed by atoms with Gasteiger partial charge in [-0.05, 0) is 41.2 Å². The predicted molar refractivity (Wildman–Crippen MR) is 100 cm³/mol. The second-order valence-electron chi connectivity index (χ2n) is 7.35. The molecule has 0 aromatic heterocycles. The maximum absolute atomic E-state index is 8.81. The topological polar surface area (TPSA) is 58.0 Å². The highest BCUT2D eigenvalue weighted by Gasteiger charge is 2.39. The highest BCUT2D eigenvalue weighted by molar-refractivity contribution is 6.74. The first-order valence-corrected chi connectivity index (χ1v) is 11.4. The van der Waals surface area contributed by atoms with Gasteiger partial charge in [0.1, 0.15) is 0 Å². The fraction of sp³-hybridized carbons (Fsp3) is 0.667. The Morgan fingerprint density at radius 2 is 1.87 bits per heavy atom. The summed E-state index contributed by atoms with van der Waals surface area (Å²) in [5, 5.41) is 4.19. The summed E-state index contributed by atoms with van der Waals surface area (Å²) in [4.78, 5) is 3.02. The molecule has 23 heavy (non-hydrogen) atoms. The van der Waals surface area contributed by atoms with Gasteiger partial charge < -0.3 is 4.43 Å². The van der Waals surface area contributed by atoms with Crippen LogP contribution in [-0.4, -0.2) is 21.0 Å². The number of azide groups is 1. The molecule has 0 spiro atoms. The van der Waals surface area contributed by atoms with Crippen LogP contribution in [0.1, 0.15) is 51.7 Å². The molecule has 0 saturated carbocycles. The Hall–Kier alpha value is -1.29. The minimum Gasteiger partial charge on any atom is -0.416 e. The second-order valence-corrected chi connectivity index (χ2v) is 12.2. The third-order valence-corrected chi connectivity index (χ3v) is 9.48. The summed E-state index contributed by atoms with van der Waals surface area (Å²) in [5.74, 6) is 0.186. The summed E-state index contributed by atoms with van der Waals surface area (Å²) < 4.78 is 6.37. The molecule has 1 aromatic carbocycles. The van der Waals surface area contributed by atoms with Gasteiger partial charge in [-0.15, -0.1) is 0 Å². The second kappa shape index (κ2) is 8.00. The van der Waals surface area contributed by atoms with Crippen molar-refractivity contribution in [2.75, 3.05) is 6.61 Å². The third-order valence-electron chi connectivity index (χ3n) is 4.98. The van der Waals surface area contributed by atoms with Crippen LogP contribution in [0.2, 0.25) is 18.1 Å². The summed E-state index contributed by atoms with van der Waals surface area (Å²) in [5.41, 5.74) is 11.4. The molecule has 128 valence electrons. The first kappa shape index (κ1) is 19.8. The Kier molecular flexibility index (Phi) is 6.87. The number of nitrogens with zero attached hydrogens (tertiary/aromatic N) is 3. The van der Waals surface area contributed by atoms with Crippen LogP contribution in [0.4, 0.5) is 0 Å². The van der Waals surface area contributed by atoms with Crippen molar-refractivity contribution >= 4 is 8.32 Å². The standard InChI is InChI=1S/C16H25N3OSi.C2H6/c1-16(2,3)21(4,5)20-11-14-13-9-7-6-8-12(13)10-15(14)18-19-17;1-2/h6-9,14-15H,10-11H2,1-5H3;1-2H3. The van der Waals surface area contributed by atoms with Gasteiger partial charge in [-0.25, -0.2) is 0 Å². The van der Waals surface area contributed by atoms with E-state index in [1.807, 2.05) is 19.9 Å². The molecule has 0 amide bonds. The van der Waals surface area contributed by atoms with Crippen molar-refractivity contribution in [1.82, 2.24) is 0 Å². The van der Waals surface area contributed by atoms with Gasteiger partial charge in [0, 0.05) is 17.4 Å². The van der Waals surface area contributed by atoms with Crippen LogP contribution in [0, 0.1) is 0 Å². The Balaban J connectivity index is 0.00000127. The zero-order valence-electron chi connectivity index (χ0n) is 15.6. The normalized spacial score (nSPS) is 20.1. The molecule has 5 heteroatoms. The van der Waals surface area contributed by atoms with Gasteiger partial charge in [-0.1, -0.05) is 64.0 Å². The van der Waals surface area contributed by atoms with Gasteiger partial charge in [-0.2, -0.15) is 0 Å². The van der Waals surface area contributed by atoms with Crippen LogP contribution < -0.4 is 0 Å². The molecule has 0 saturated heterocycles. The summed E-state index contributed by atoms with van der Waals surface area (Å²) in [6, 6.07) is 8.35. The monoisotopic (exact) mass is 333 g/mol. The Bertz CT molecular complexity index is 560. The third kappa shape index (κ3) is 4.60. The van der Waals surface area contributed by atoms with Crippen molar-refractivity contribution in [2.24, 2.45) is 5.11 Å². The molecule has 2 unspecified atom stereocenters. The Labute approximate surface area is 142 Å². The minimum atomic E-state index is -1.78. The largest absolute Gasteiger partial charge is 0.416 e. The molecule has 4 nitrogen and oxygen atoms in total. The predicted octanol–water partition coefficient (Wildman–Crippen LogP) is 6.05. The van der Waals surface area contributed by atoms with Crippen LogP contribution in [0.25, 0.3) is 10.4 Å². The highest BCUT2D eigenvalue weighted by atomic mass is 28.4. The Morgan fingerprint density at radius 1 is 1.26 bits per heavy atom. The maximum Gasteiger partial charge on any atom is 0.192 e. The minimum absolute atomic E-state index is 0.0165. The van der Waals surface area contributed by atoms with E-state index in [1.165, 1.54) is 11.1 Å². The molecule has 2 rings (SSSR count). The average Bonchev–Trinajstić information content (AvgIpc) is 2.84. The first-order valence-electron chi connectivity index (χ1n) is 8.52. The van der Waals surface area contributed by atoms with E-state index in [0.29, 0.717) is 6.61 Å². The van der Waals surface area contributed by atoms with Crippen molar-refractivity contribution in [3.63, 3.8) is 0 Å². The molecule has 0 bridgehead atoms. The average molecular weight is 334 g/mol. The molecule has 0 heterocycles. The van der Waals surface area contributed by atoms with E-state index in [0.717, 1.165) is 6.42 Å². The molecule has 2 atom stereocenters. The molecule has 0 radical (unpaired) electrons. The lowest BCUT2D eigenvalue weighted by molar-refractivity contribution is 0.253. The van der Waals surface area contributed by atoms with Crippen molar-refractivity contribution < 1.29 is 4.43 Å². The number of hydrogen-bond acceptors (Lipinski definition) is 2. The summed E-state index contributed by atoms with van der Waals surface area (Å²) >= 11 is 0. The number of fused-ring (bicyclic) bond motifs is 1. The van der Waals surface area contributed by atoms with Gasteiger partial charge in [0.05, 0.1) is 6.04 Å². The Morgan fingerprint density at radius 3 is 2.43 bits per heavy atom. The quantitative estimate of drug-likeness (QED) is 0.286. The summed E-state index contributed by atoms with van der Waals surface area (Å²) in [7, 11) is -1.78. The number of rotatable bonds is 4. The van der Waals surface area contributed by atoms with E-state index in [-0.39, 0.29) is 17.0 Å². The summed E-state index contributed by atoms with van der Waals surface area (Å²) in [6.07, 6.45) is 0.825. The van der Waals surface area contributed by atoms with E-state index < -0.39 is 8.32 Å². The van der Waals surface area contributed by atoms with Crippen LogP contribution in [-0.2, 0) is 10.8 Å². The highest BCUT2D eigenvalue weighted by Crippen LogP contribution is 2.40. The van der Waals surface area contributed by atoms with E-state index in [9.17, 15) is 0 Å². The smallest absolute Gasteiger partial charge is 0.192 e. The fourth-order valence-corrected chi connectivity index (χ4v) is 3.59.